The van der Waals surface area contributed by atoms with Gasteiger partial charge < -0.3 is 24.8 Å². The first-order valence-corrected chi connectivity index (χ1v) is 15.8. The summed E-state index contributed by atoms with van der Waals surface area (Å²) in [6.07, 6.45) is 2.23. The van der Waals surface area contributed by atoms with Gasteiger partial charge in [-0.3, -0.25) is 14.4 Å². The number of likely N-dealkylation sites (N-methyl/N-ethyl adjacent to an activating group) is 1. The lowest BCUT2D eigenvalue weighted by Crippen LogP contribution is -2.52. The number of nitrogens with one attached hydrogen (secondary N) is 1. The van der Waals surface area contributed by atoms with Gasteiger partial charge in [-0.25, -0.2) is 4.98 Å². The average molecular weight is 594 g/mol. The van der Waals surface area contributed by atoms with E-state index < -0.39 is 12.1 Å². The van der Waals surface area contributed by atoms with E-state index in [0.29, 0.717) is 18.5 Å². The number of aromatic nitrogens is 1. The second-order valence-corrected chi connectivity index (χ2v) is 13.7. The molecule has 4 heterocycles. The van der Waals surface area contributed by atoms with Gasteiger partial charge in [0.1, 0.15) is 18.7 Å². The second kappa shape index (κ2) is 12.7. The number of anilines is 1. The van der Waals surface area contributed by atoms with Gasteiger partial charge in [-0.15, -0.1) is 11.3 Å². The second-order valence-electron chi connectivity index (χ2n) is 12.5. The number of fused-ring (bicyclic) bond motifs is 1. The number of allylic oxidation sites excluding steroid dienone is 1. The molecule has 0 radical (unpaired) electrons. The van der Waals surface area contributed by atoms with Crippen molar-refractivity contribution in [2.24, 2.45) is 11.8 Å². The number of hydrogen-bond donors (Lipinski definition) is 1. The molecule has 3 aliphatic rings. The Hall–Kier alpha value is -3.08. The molecule has 2 amide bonds. The fraction of sp³-hybridized carbons (Fsp3) is 0.562. The van der Waals surface area contributed by atoms with E-state index >= 15 is 0 Å². The molecule has 4 atom stereocenters. The van der Waals surface area contributed by atoms with Crippen LogP contribution >= 0.6 is 11.3 Å². The summed E-state index contributed by atoms with van der Waals surface area (Å²) in [4.78, 5) is 52.4. The largest absolute Gasteiger partial charge is 0.367 e. The first-order chi connectivity index (χ1) is 20.0. The first kappa shape index (κ1) is 30.4. The predicted octanol–water partition coefficient (Wildman–Crippen LogP) is 3.78. The van der Waals surface area contributed by atoms with E-state index in [1.165, 1.54) is 0 Å². The summed E-state index contributed by atoms with van der Waals surface area (Å²) >= 11 is 1.70. The smallest absolute Gasteiger partial charge is 0.251 e. The Morgan fingerprint density at radius 2 is 1.83 bits per heavy atom. The van der Waals surface area contributed by atoms with Gasteiger partial charge >= 0.3 is 0 Å². The highest BCUT2D eigenvalue weighted by molar-refractivity contribution is 7.16. The van der Waals surface area contributed by atoms with Crippen molar-refractivity contribution < 1.29 is 19.1 Å². The minimum absolute atomic E-state index is 0.0229. The summed E-state index contributed by atoms with van der Waals surface area (Å²) < 4.78 is 5.81. The SMILES string of the molecule is CC(C)=CC1CN(C(=O)C(CC(C)C)NC(=O)c2ccc(-c3nc(N4CCN(C)CC4)sc3C)cc2)C2C(=O)COC12. The number of nitrogens with zero attached hydrogens (tertiary/aromatic N) is 4. The van der Waals surface area contributed by atoms with Crippen molar-refractivity contribution in [2.75, 3.05) is 51.3 Å². The normalized spacial score (nSPS) is 23.3. The number of aryl methyl sites for hydroxylation is 1. The summed E-state index contributed by atoms with van der Waals surface area (Å²) in [6.45, 7) is 14.6. The van der Waals surface area contributed by atoms with Gasteiger partial charge in [0.2, 0.25) is 5.91 Å². The number of Topliss-reactive ketones (excluding diaryl/α,β-unsaturated/α-hetero) is 1. The maximum atomic E-state index is 13.9. The molecule has 226 valence electrons. The fourth-order valence-electron chi connectivity index (χ4n) is 6.19. The molecule has 0 spiro atoms. The number of carbonyl (C=O) groups excluding carboxylic acids is 3. The molecule has 5 rings (SSSR count). The van der Waals surface area contributed by atoms with Crippen LogP contribution in [0.2, 0.25) is 0 Å². The Balaban J connectivity index is 1.29. The van der Waals surface area contributed by atoms with E-state index in [-0.39, 0.29) is 42.1 Å². The molecule has 4 unspecified atom stereocenters. The number of rotatable bonds is 8. The number of piperazine rings is 1. The lowest BCUT2D eigenvalue weighted by molar-refractivity contribution is -0.138. The molecule has 1 aromatic heterocycles. The van der Waals surface area contributed by atoms with Crippen molar-refractivity contribution >= 4 is 34.1 Å². The number of likely N-dealkylation sites (tertiary alicyclic amines) is 1. The maximum absolute atomic E-state index is 13.9. The van der Waals surface area contributed by atoms with E-state index in [4.69, 9.17) is 9.72 Å². The van der Waals surface area contributed by atoms with Crippen LogP contribution in [0.25, 0.3) is 11.3 Å². The summed E-state index contributed by atoms with van der Waals surface area (Å²) in [5.74, 6) is -0.465. The van der Waals surface area contributed by atoms with Crippen molar-refractivity contribution in [3.63, 3.8) is 0 Å². The van der Waals surface area contributed by atoms with Crippen molar-refractivity contribution in [3.05, 3.63) is 46.4 Å². The highest BCUT2D eigenvalue weighted by Gasteiger charge is 2.52. The number of ether oxygens (including phenoxy) is 1. The maximum Gasteiger partial charge on any atom is 0.251 e. The van der Waals surface area contributed by atoms with E-state index in [9.17, 15) is 14.4 Å². The Kier molecular flexibility index (Phi) is 9.15. The van der Waals surface area contributed by atoms with Crippen LogP contribution in [0.15, 0.2) is 35.9 Å². The molecule has 9 nitrogen and oxygen atoms in total. The highest BCUT2D eigenvalue weighted by atomic mass is 32.1. The van der Waals surface area contributed by atoms with Crippen LogP contribution in [0, 0.1) is 18.8 Å². The molecule has 10 heteroatoms. The third-order valence-corrected chi connectivity index (χ3v) is 9.38. The van der Waals surface area contributed by atoms with Crippen LogP contribution in [0.1, 0.15) is 49.4 Å². The zero-order valence-electron chi connectivity index (χ0n) is 25.6. The highest BCUT2D eigenvalue weighted by Crippen LogP contribution is 2.35. The van der Waals surface area contributed by atoms with Crippen LogP contribution in [0.4, 0.5) is 5.13 Å². The Morgan fingerprint density at radius 3 is 2.48 bits per heavy atom. The summed E-state index contributed by atoms with van der Waals surface area (Å²) in [7, 11) is 2.14. The zero-order valence-corrected chi connectivity index (χ0v) is 26.4. The molecular formula is C32H43N5O4S. The van der Waals surface area contributed by atoms with E-state index in [0.717, 1.165) is 53.0 Å². The Labute approximate surface area is 252 Å². The van der Waals surface area contributed by atoms with Crippen LogP contribution in [0.3, 0.4) is 0 Å². The third kappa shape index (κ3) is 6.45. The number of amides is 2. The average Bonchev–Trinajstić information content (AvgIpc) is 3.63. The Morgan fingerprint density at radius 1 is 1.14 bits per heavy atom. The predicted molar refractivity (Wildman–Crippen MR) is 166 cm³/mol. The summed E-state index contributed by atoms with van der Waals surface area (Å²) in [5.41, 5.74) is 3.50. The number of carbonyl (C=O) groups is 3. The standard InChI is InChI=1S/C32H43N5O4S/c1-19(2)15-24-17-37(28-26(38)18-41-29(24)28)31(40)25(16-20(3)4)33-30(39)23-9-7-22(8-10-23)27-21(5)42-32(34-27)36-13-11-35(6)12-14-36/h7-10,15,20,24-25,28-29H,11-14,16-18H2,1-6H3,(H,33,39). The Bertz CT molecular complexity index is 1340. The van der Waals surface area contributed by atoms with E-state index in [1.54, 1.807) is 28.4 Å². The quantitative estimate of drug-likeness (QED) is 0.466. The van der Waals surface area contributed by atoms with Crippen molar-refractivity contribution in [2.45, 2.75) is 59.2 Å². The minimum atomic E-state index is -0.733. The van der Waals surface area contributed by atoms with E-state index in [1.807, 2.05) is 39.8 Å². The van der Waals surface area contributed by atoms with Gasteiger partial charge in [0.05, 0.1) is 11.8 Å². The van der Waals surface area contributed by atoms with Crippen LogP contribution in [-0.4, -0.2) is 96.9 Å². The molecular weight excluding hydrogens is 550 g/mol. The molecule has 0 aliphatic carbocycles. The van der Waals surface area contributed by atoms with Gasteiger partial charge in [-0.2, -0.15) is 0 Å². The van der Waals surface area contributed by atoms with Gasteiger partial charge in [-0.05, 0) is 52.3 Å². The minimum Gasteiger partial charge on any atom is -0.367 e. The van der Waals surface area contributed by atoms with Gasteiger partial charge in [0, 0.05) is 54.6 Å². The molecule has 3 aliphatic heterocycles. The van der Waals surface area contributed by atoms with Crippen LogP contribution < -0.4 is 10.2 Å². The lowest BCUT2D eigenvalue weighted by Gasteiger charge is -2.32. The first-order valence-electron chi connectivity index (χ1n) is 14.9. The molecule has 42 heavy (non-hydrogen) atoms. The topological polar surface area (TPSA) is 95.1 Å². The van der Waals surface area contributed by atoms with Gasteiger partial charge in [0.15, 0.2) is 10.9 Å². The summed E-state index contributed by atoms with van der Waals surface area (Å²) in [5, 5.41) is 4.03. The van der Waals surface area contributed by atoms with Gasteiger partial charge in [0.25, 0.3) is 5.91 Å². The molecule has 1 aromatic carbocycles. The fourth-order valence-corrected chi connectivity index (χ4v) is 7.17. The molecule has 2 aromatic rings. The third-order valence-electron chi connectivity index (χ3n) is 8.35. The summed E-state index contributed by atoms with van der Waals surface area (Å²) in [6, 6.07) is 6.10. The molecule has 1 N–H and O–H groups in total. The van der Waals surface area contributed by atoms with Crippen molar-refractivity contribution in [1.29, 1.82) is 0 Å². The molecule has 3 saturated heterocycles. The monoisotopic (exact) mass is 593 g/mol. The zero-order chi connectivity index (χ0) is 30.1. The number of hydrogen-bond acceptors (Lipinski definition) is 8. The van der Waals surface area contributed by atoms with Crippen LogP contribution in [0.5, 0.6) is 0 Å². The van der Waals surface area contributed by atoms with Crippen molar-refractivity contribution in [1.82, 2.24) is 20.1 Å². The molecule has 3 fully saturated rings. The number of benzene rings is 1. The van der Waals surface area contributed by atoms with Gasteiger partial charge in [-0.1, -0.05) is 37.6 Å². The van der Waals surface area contributed by atoms with E-state index in [2.05, 4.69) is 35.2 Å². The molecule has 0 bridgehead atoms. The number of ketones is 1. The lowest BCUT2D eigenvalue weighted by atomic mass is 9.99. The van der Waals surface area contributed by atoms with Crippen molar-refractivity contribution in [3.8, 4) is 11.3 Å². The molecule has 0 saturated carbocycles. The van der Waals surface area contributed by atoms with Crippen LogP contribution in [-0.2, 0) is 14.3 Å². The number of thiazole rings is 1.